The number of carbonyl (C=O) groups is 1. The molecule has 0 spiro atoms. The van der Waals surface area contributed by atoms with E-state index in [4.69, 9.17) is 0 Å². The second-order valence-electron chi connectivity index (χ2n) is 8.50. The van der Waals surface area contributed by atoms with Gasteiger partial charge in [0.2, 0.25) is 5.91 Å². The minimum atomic E-state index is -0.888. The quantitative estimate of drug-likeness (QED) is 0.682. The van der Waals surface area contributed by atoms with Crippen LogP contribution in [0.3, 0.4) is 0 Å². The Balaban J connectivity index is 1.61. The van der Waals surface area contributed by atoms with Gasteiger partial charge in [0.05, 0.1) is 11.3 Å². The van der Waals surface area contributed by atoms with Crippen molar-refractivity contribution in [2.24, 2.45) is 16.8 Å². The van der Waals surface area contributed by atoms with E-state index in [1.54, 1.807) is 20.1 Å². The van der Waals surface area contributed by atoms with Crippen LogP contribution in [0.25, 0.3) is 17.0 Å². The summed E-state index contributed by atoms with van der Waals surface area (Å²) >= 11 is 0. The molecule has 2 heterocycles. The maximum absolute atomic E-state index is 15.2. The number of hydrogen-bond donors (Lipinski definition) is 2. The van der Waals surface area contributed by atoms with Crippen LogP contribution in [0.2, 0.25) is 0 Å². The minimum absolute atomic E-state index is 0.0870. The number of allylic oxidation sites excluding steroid dienone is 1. The first kappa shape index (κ1) is 22.6. The van der Waals surface area contributed by atoms with E-state index < -0.39 is 22.8 Å². The first-order valence-electron chi connectivity index (χ1n) is 10.9. The topological polar surface area (TPSA) is 87.2 Å². The van der Waals surface area contributed by atoms with Crippen molar-refractivity contribution >= 4 is 17.7 Å². The van der Waals surface area contributed by atoms with Crippen LogP contribution in [0.4, 0.5) is 8.78 Å². The molecule has 1 aliphatic carbocycles. The third-order valence-electron chi connectivity index (χ3n) is 5.41. The molecule has 0 radical (unpaired) electrons. The number of benzene rings is 1. The molecule has 1 aromatic heterocycles. The number of rotatable bonds is 5. The van der Waals surface area contributed by atoms with E-state index >= 15 is 4.39 Å². The Hall–Kier alpha value is -3.60. The molecule has 2 aliphatic rings. The Bertz CT molecular complexity index is 1260. The van der Waals surface area contributed by atoms with E-state index in [9.17, 15) is 14.0 Å². The zero-order valence-electron chi connectivity index (χ0n) is 18.4. The number of aromatic nitrogens is 2. The van der Waals surface area contributed by atoms with E-state index in [0.29, 0.717) is 17.9 Å². The predicted molar refractivity (Wildman–Crippen MR) is 122 cm³/mol. The summed E-state index contributed by atoms with van der Waals surface area (Å²) in [5.41, 5.74) is -0.0515. The molecular formula is C25H24F2N4O2. The molecular weight excluding hydrogens is 426 g/mol. The third kappa shape index (κ3) is 5.43. The summed E-state index contributed by atoms with van der Waals surface area (Å²) in [7, 11) is 0. The molecule has 1 unspecified atom stereocenters. The Morgan fingerprint density at radius 3 is 2.73 bits per heavy atom. The Morgan fingerprint density at radius 1 is 1.27 bits per heavy atom. The number of amides is 1. The Labute approximate surface area is 190 Å². The monoisotopic (exact) mass is 450 g/mol. The van der Waals surface area contributed by atoms with Crippen LogP contribution < -0.4 is 10.9 Å². The summed E-state index contributed by atoms with van der Waals surface area (Å²) in [5, 5.41) is 2.61. The summed E-state index contributed by atoms with van der Waals surface area (Å²) in [6.07, 6.45) is 6.31. The van der Waals surface area contributed by atoms with Gasteiger partial charge in [-0.1, -0.05) is 37.8 Å². The first-order chi connectivity index (χ1) is 15.8. The van der Waals surface area contributed by atoms with Crippen LogP contribution in [0.15, 0.2) is 34.1 Å². The maximum Gasteiger partial charge on any atom is 0.251 e. The number of nitrogens with zero attached hydrogens (tertiary/aromatic N) is 2. The van der Waals surface area contributed by atoms with E-state index in [1.807, 2.05) is 6.08 Å². The number of aromatic amines is 1. The molecule has 33 heavy (non-hydrogen) atoms. The van der Waals surface area contributed by atoms with Crippen molar-refractivity contribution in [1.82, 2.24) is 15.3 Å². The van der Waals surface area contributed by atoms with Gasteiger partial charge in [-0.15, -0.1) is 0 Å². The lowest BCUT2D eigenvalue weighted by Crippen LogP contribution is -2.27. The van der Waals surface area contributed by atoms with Crippen molar-refractivity contribution in [3.8, 4) is 23.2 Å². The van der Waals surface area contributed by atoms with Crippen molar-refractivity contribution in [3.63, 3.8) is 0 Å². The lowest BCUT2D eigenvalue weighted by atomic mass is 10.0. The molecule has 4 rings (SSSR count). The number of dihydropyridines is 1. The molecule has 1 aromatic carbocycles. The van der Waals surface area contributed by atoms with Crippen molar-refractivity contribution in [2.45, 2.75) is 45.7 Å². The second-order valence-corrected chi connectivity index (χ2v) is 8.50. The standard InChI is InChI=1S/C25H24F2N4O2/c1-14(2)25(33)29-13-17-7-10-19(26)22(23(17)27)24-30-20(11-21(32)31-24)16-6-9-18(28-12-16)8-5-15-3-4-15/h6-7,10-12,14-15,18H,3-4,9,13H2,1-2H3,(H,29,33)(H,30,31,32). The number of hydrogen-bond acceptors (Lipinski definition) is 4. The second kappa shape index (κ2) is 9.49. The molecule has 170 valence electrons. The van der Waals surface area contributed by atoms with E-state index in [2.05, 4.69) is 32.1 Å². The van der Waals surface area contributed by atoms with Crippen molar-refractivity contribution in [1.29, 1.82) is 0 Å². The van der Waals surface area contributed by atoms with Crippen LogP contribution in [0.1, 0.15) is 44.4 Å². The Morgan fingerprint density at radius 2 is 2.06 bits per heavy atom. The van der Waals surface area contributed by atoms with Crippen LogP contribution >= 0.6 is 0 Å². The summed E-state index contributed by atoms with van der Waals surface area (Å²) in [4.78, 5) is 35.2. The zero-order valence-corrected chi connectivity index (χ0v) is 18.4. The fourth-order valence-electron chi connectivity index (χ4n) is 3.29. The number of halogens is 2. The highest BCUT2D eigenvalue weighted by Crippen LogP contribution is 2.28. The normalized spacial score (nSPS) is 17.4. The molecule has 2 N–H and O–H groups in total. The summed E-state index contributed by atoms with van der Waals surface area (Å²) in [6.45, 7) is 3.32. The largest absolute Gasteiger partial charge is 0.352 e. The summed E-state index contributed by atoms with van der Waals surface area (Å²) in [5.74, 6) is 4.31. The van der Waals surface area contributed by atoms with Gasteiger partial charge in [-0.05, 0) is 25.3 Å². The molecule has 0 bridgehead atoms. The SMILES string of the molecule is CC(C)C(=O)NCc1ccc(F)c(-c2nc(C3=CCC(C#CC4CC4)N=C3)cc(=O)[nH]2)c1F. The molecule has 1 saturated carbocycles. The van der Waals surface area contributed by atoms with Gasteiger partial charge in [-0.3, -0.25) is 14.6 Å². The van der Waals surface area contributed by atoms with Crippen LogP contribution in [0, 0.1) is 35.3 Å². The maximum atomic E-state index is 15.2. The molecule has 1 amide bonds. The number of H-pyrrole nitrogens is 1. The van der Waals surface area contributed by atoms with E-state index in [1.165, 1.54) is 12.1 Å². The van der Waals surface area contributed by atoms with Crippen molar-refractivity contribution in [3.05, 3.63) is 57.5 Å². The smallest absolute Gasteiger partial charge is 0.251 e. The van der Waals surface area contributed by atoms with Gasteiger partial charge < -0.3 is 10.3 Å². The number of carbonyl (C=O) groups excluding carboxylic acids is 1. The lowest BCUT2D eigenvalue weighted by molar-refractivity contribution is -0.124. The van der Waals surface area contributed by atoms with Crippen LogP contribution in [0.5, 0.6) is 0 Å². The molecule has 1 fully saturated rings. The molecule has 6 nitrogen and oxygen atoms in total. The average molecular weight is 450 g/mol. The number of nitrogens with one attached hydrogen (secondary N) is 2. The molecule has 2 aromatic rings. The molecule has 8 heteroatoms. The van der Waals surface area contributed by atoms with Gasteiger partial charge in [0.15, 0.2) is 0 Å². The zero-order chi connectivity index (χ0) is 23.5. The first-order valence-corrected chi connectivity index (χ1v) is 10.9. The van der Waals surface area contributed by atoms with Gasteiger partial charge >= 0.3 is 0 Å². The average Bonchev–Trinajstić information content (AvgIpc) is 3.61. The molecule has 1 atom stereocenters. The van der Waals surface area contributed by atoms with Gasteiger partial charge in [-0.2, -0.15) is 0 Å². The fourth-order valence-corrected chi connectivity index (χ4v) is 3.29. The van der Waals surface area contributed by atoms with Gasteiger partial charge in [0.1, 0.15) is 23.5 Å². The lowest BCUT2D eigenvalue weighted by Gasteiger charge is -2.13. The van der Waals surface area contributed by atoms with E-state index in [-0.39, 0.29) is 41.5 Å². The fraction of sp³-hybridized carbons (Fsp3) is 0.360. The highest BCUT2D eigenvalue weighted by Gasteiger charge is 2.21. The minimum Gasteiger partial charge on any atom is -0.352 e. The molecule has 1 aliphatic heterocycles. The number of aliphatic imine (C=N–C) groups is 1. The van der Waals surface area contributed by atoms with Crippen LogP contribution in [-0.2, 0) is 11.3 Å². The summed E-state index contributed by atoms with van der Waals surface area (Å²) in [6, 6.07) is 3.48. The van der Waals surface area contributed by atoms with Gasteiger partial charge in [-0.25, -0.2) is 13.8 Å². The third-order valence-corrected chi connectivity index (χ3v) is 5.41. The van der Waals surface area contributed by atoms with E-state index in [0.717, 1.165) is 18.9 Å². The van der Waals surface area contributed by atoms with Crippen molar-refractivity contribution < 1.29 is 13.6 Å². The highest BCUT2D eigenvalue weighted by molar-refractivity contribution is 6.09. The van der Waals surface area contributed by atoms with Crippen LogP contribution in [-0.4, -0.2) is 28.1 Å². The summed E-state index contributed by atoms with van der Waals surface area (Å²) < 4.78 is 29.8. The molecule has 0 saturated heterocycles. The van der Waals surface area contributed by atoms with Gasteiger partial charge in [0.25, 0.3) is 5.56 Å². The van der Waals surface area contributed by atoms with Gasteiger partial charge in [0, 0.05) is 41.8 Å². The Kier molecular flexibility index (Phi) is 6.50. The predicted octanol–water partition coefficient (Wildman–Crippen LogP) is 3.63. The van der Waals surface area contributed by atoms with Crippen molar-refractivity contribution in [2.75, 3.05) is 0 Å². The highest BCUT2D eigenvalue weighted by atomic mass is 19.1.